The van der Waals surface area contributed by atoms with Gasteiger partial charge >= 0.3 is 0 Å². The summed E-state index contributed by atoms with van der Waals surface area (Å²) < 4.78 is 0. The molecule has 2 N–H and O–H groups in total. The van der Waals surface area contributed by atoms with Gasteiger partial charge in [-0.3, -0.25) is 0 Å². The van der Waals surface area contributed by atoms with E-state index in [0.29, 0.717) is 0 Å². The zero-order chi connectivity index (χ0) is 31.8. The number of nitrogens with two attached hydrogens (primary N) is 1. The van der Waals surface area contributed by atoms with E-state index in [1.54, 1.807) is 11.1 Å². The van der Waals surface area contributed by atoms with E-state index in [4.69, 9.17) is 5.73 Å². The molecule has 0 aliphatic heterocycles. The predicted octanol–water partition coefficient (Wildman–Crippen LogP) is 12.5. The van der Waals surface area contributed by atoms with E-state index in [9.17, 15) is 0 Å². The summed E-state index contributed by atoms with van der Waals surface area (Å²) in [5.74, 6) is 0.970. The highest BCUT2D eigenvalue weighted by Gasteiger charge is 2.16. The summed E-state index contributed by atoms with van der Waals surface area (Å²) in [6, 6.07) is 27.7. The number of hydrogen-bond acceptors (Lipinski definition) is 1. The second-order valence-corrected chi connectivity index (χ2v) is 11.0. The lowest BCUT2D eigenvalue weighted by atomic mass is 9.92. The Labute approximate surface area is 263 Å². The van der Waals surface area contributed by atoms with Crippen molar-refractivity contribution in [3.63, 3.8) is 0 Å². The third-order valence-electron chi connectivity index (χ3n) is 7.18. The summed E-state index contributed by atoms with van der Waals surface area (Å²) in [6.45, 7) is 20.1. The Morgan fingerprint density at radius 3 is 1.52 bits per heavy atom. The number of benzene rings is 3. The van der Waals surface area contributed by atoms with Crippen LogP contribution >= 0.6 is 0 Å². The Kier molecular flexibility index (Phi) is 31.4. The van der Waals surface area contributed by atoms with Gasteiger partial charge in [0.1, 0.15) is 0 Å². The average Bonchev–Trinajstić information content (AvgIpc) is 3.56. The van der Waals surface area contributed by atoms with Crippen molar-refractivity contribution >= 4 is 0 Å². The molecule has 1 saturated carbocycles. The van der Waals surface area contributed by atoms with Crippen LogP contribution in [0.1, 0.15) is 134 Å². The van der Waals surface area contributed by atoms with Crippen molar-refractivity contribution < 1.29 is 0 Å². The van der Waals surface area contributed by atoms with Crippen molar-refractivity contribution in [1.82, 2.24) is 0 Å². The normalized spacial score (nSPS) is 11.5. The molecule has 1 aliphatic rings. The molecule has 1 fully saturated rings. The fourth-order valence-corrected chi connectivity index (χ4v) is 4.30. The molecule has 1 aliphatic carbocycles. The first-order chi connectivity index (χ1) is 20.4. The monoisotopic (exact) mass is 576 g/mol. The van der Waals surface area contributed by atoms with Crippen molar-refractivity contribution in [2.24, 2.45) is 11.7 Å². The summed E-state index contributed by atoms with van der Waals surface area (Å²) in [7, 11) is 0. The lowest BCUT2D eigenvalue weighted by Gasteiger charge is -2.13. The second-order valence-electron chi connectivity index (χ2n) is 11.0. The second kappa shape index (κ2) is 31.6. The van der Waals surface area contributed by atoms with E-state index in [-0.39, 0.29) is 0 Å². The minimum absolute atomic E-state index is 0.787. The molecule has 0 radical (unpaired) electrons. The summed E-state index contributed by atoms with van der Waals surface area (Å²) in [5, 5.41) is 0. The first-order valence-corrected chi connectivity index (χ1v) is 17.3. The van der Waals surface area contributed by atoms with Gasteiger partial charge < -0.3 is 5.73 Å². The Balaban J connectivity index is 0. The SMILES string of the molecule is CC.CCCC.CCCC.CCc1ccc(C)cc1CC1CCCC1.Cc1ccccc1.NCCCc1ccccc1. The van der Waals surface area contributed by atoms with E-state index < -0.39 is 0 Å². The maximum Gasteiger partial charge on any atom is -0.00741 e. The van der Waals surface area contributed by atoms with Gasteiger partial charge in [-0.25, -0.2) is 0 Å². The third kappa shape index (κ3) is 24.2. The van der Waals surface area contributed by atoms with Gasteiger partial charge in [-0.05, 0) is 68.7 Å². The fraction of sp³-hybridized carbons (Fsp3) is 0.561. The van der Waals surface area contributed by atoms with Gasteiger partial charge in [-0.1, -0.05) is 190 Å². The van der Waals surface area contributed by atoms with E-state index in [1.165, 1.54) is 80.9 Å². The van der Waals surface area contributed by atoms with Gasteiger partial charge in [-0.15, -0.1) is 0 Å². The van der Waals surface area contributed by atoms with Crippen LogP contribution in [0.15, 0.2) is 78.9 Å². The standard InChI is InChI=1S/C15H22.C9H13N.C7H8.2C4H10.C2H6/c1-3-14-9-8-12(2)10-15(14)11-13-6-4-5-7-13;10-8-4-7-9-5-2-1-3-6-9;1-7-5-3-2-4-6-7;2*1-3-4-2;1-2/h8-10,13H,3-7,11H2,1-2H3;1-3,5-6H,4,7-8,10H2;2-6H,1H3;2*3-4H2,1-2H3;1-2H3. The van der Waals surface area contributed by atoms with Crippen molar-refractivity contribution in [2.45, 2.75) is 139 Å². The molecule has 0 bridgehead atoms. The predicted molar refractivity (Wildman–Crippen MR) is 194 cm³/mol. The first-order valence-electron chi connectivity index (χ1n) is 17.3. The lowest BCUT2D eigenvalue weighted by molar-refractivity contribution is 0.544. The largest absolute Gasteiger partial charge is 0.330 e. The van der Waals surface area contributed by atoms with Crippen LogP contribution in [-0.2, 0) is 19.3 Å². The van der Waals surface area contributed by atoms with Crippen molar-refractivity contribution in [2.75, 3.05) is 6.54 Å². The molecule has 0 amide bonds. The molecule has 238 valence electrons. The quantitative estimate of drug-likeness (QED) is 0.284. The third-order valence-corrected chi connectivity index (χ3v) is 7.18. The number of rotatable bonds is 8. The molecule has 1 nitrogen and oxygen atoms in total. The maximum atomic E-state index is 5.38. The van der Waals surface area contributed by atoms with E-state index >= 15 is 0 Å². The molecule has 0 saturated heterocycles. The minimum atomic E-state index is 0.787. The average molecular weight is 576 g/mol. The molecule has 0 spiro atoms. The van der Waals surface area contributed by atoms with Crippen LogP contribution in [0.5, 0.6) is 0 Å². The molecule has 0 heterocycles. The number of aryl methyl sites for hydroxylation is 4. The molecule has 3 aromatic carbocycles. The molecule has 42 heavy (non-hydrogen) atoms. The molecular formula is C41H69N. The van der Waals surface area contributed by atoms with Gasteiger partial charge in [0.15, 0.2) is 0 Å². The Bertz CT molecular complexity index is 902. The first kappa shape index (κ1) is 41.8. The van der Waals surface area contributed by atoms with E-state index in [0.717, 1.165) is 25.3 Å². The van der Waals surface area contributed by atoms with Gasteiger partial charge in [0, 0.05) is 0 Å². The van der Waals surface area contributed by atoms with Crippen molar-refractivity contribution in [1.29, 1.82) is 0 Å². The van der Waals surface area contributed by atoms with E-state index in [1.807, 2.05) is 38.1 Å². The topological polar surface area (TPSA) is 26.0 Å². The van der Waals surface area contributed by atoms with Gasteiger partial charge in [-0.2, -0.15) is 0 Å². The van der Waals surface area contributed by atoms with E-state index in [2.05, 4.69) is 103 Å². The zero-order valence-corrected chi connectivity index (χ0v) is 29.4. The van der Waals surface area contributed by atoms with Crippen LogP contribution in [-0.4, -0.2) is 6.54 Å². The van der Waals surface area contributed by atoms with Crippen molar-refractivity contribution in [3.8, 4) is 0 Å². The Morgan fingerprint density at radius 2 is 1.12 bits per heavy atom. The zero-order valence-electron chi connectivity index (χ0n) is 29.4. The fourth-order valence-electron chi connectivity index (χ4n) is 4.30. The van der Waals surface area contributed by atoms with Crippen LogP contribution in [0.25, 0.3) is 0 Å². The van der Waals surface area contributed by atoms with Crippen LogP contribution in [0, 0.1) is 19.8 Å². The Morgan fingerprint density at radius 1 is 0.619 bits per heavy atom. The number of hydrogen-bond donors (Lipinski definition) is 1. The minimum Gasteiger partial charge on any atom is -0.330 e. The molecule has 4 rings (SSSR count). The summed E-state index contributed by atoms with van der Waals surface area (Å²) in [6.07, 6.45) is 15.8. The summed E-state index contributed by atoms with van der Waals surface area (Å²) in [4.78, 5) is 0. The highest BCUT2D eigenvalue weighted by molar-refractivity contribution is 5.32. The molecule has 0 unspecified atom stereocenters. The molecule has 0 atom stereocenters. The molecular weight excluding hydrogens is 506 g/mol. The number of unbranched alkanes of at least 4 members (excludes halogenated alkanes) is 2. The molecule has 3 aromatic rings. The highest BCUT2D eigenvalue weighted by Crippen LogP contribution is 2.29. The Hall–Kier alpha value is -2.38. The van der Waals surface area contributed by atoms with Crippen LogP contribution in [0.2, 0.25) is 0 Å². The smallest absolute Gasteiger partial charge is 0.00741 e. The lowest BCUT2D eigenvalue weighted by Crippen LogP contribution is -2.02. The van der Waals surface area contributed by atoms with Gasteiger partial charge in [0.05, 0.1) is 0 Å². The summed E-state index contributed by atoms with van der Waals surface area (Å²) >= 11 is 0. The molecule has 1 heteroatoms. The summed E-state index contributed by atoms with van der Waals surface area (Å²) in [5.41, 5.74) is 12.7. The van der Waals surface area contributed by atoms with Crippen LogP contribution in [0.4, 0.5) is 0 Å². The maximum absolute atomic E-state index is 5.38. The van der Waals surface area contributed by atoms with Crippen molar-refractivity contribution in [3.05, 3.63) is 107 Å². The molecule has 0 aromatic heterocycles. The van der Waals surface area contributed by atoms with Crippen LogP contribution < -0.4 is 5.73 Å². The van der Waals surface area contributed by atoms with Gasteiger partial charge in [0.25, 0.3) is 0 Å². The highest BCUT2D eigenvalue weighted by atomic mass is 14.5. The van der Waals surface area contributed by atoms with Gasteiger partial charge in [0.2, 0.25) is 0 Å². The van der Waals surface area contributed by atoms with Crippen LogP contribution in [0.3, 0.4) is 0 Å².